The van der Waals surface area contributed by atoms with E-state index in [1.807, 2.05) is 0 Å². The van der Waals surface area contributed by atoms with Crippen LogP contribution < -0.4 is 10.6 Å². The van der Waals surface area contributed by atoms with Crippen LogP contribution in [0, 0.1) is 5.92 Å². The molecule has 0 aliphatic carbocycles. The Hall–Kier alpha value is -1.44. The smallest absolute Gasteiger partial charge is 0.242 e. The lowest BCUT2D eigenvalue weighted by Crippen LogP contribution is -2.37. The van der Waals surface area contributed by atoms with Gasteiger partial charge in [0, 0.05) is 26.3 Å². The first-order valence-electron chi connectivity index (χ1n) is 6.95. The van der Waals surface area contributed by atoms with Crippen LogP contribution in [0.15, 0.2) is 29.2 Å². The van der Waals surface area contributed by atoms with Crippen molar-refractivity contribution in [2.24, 2.45) is 5.92 Å². The monoisotopic (exact) mass is 311 g/mol. The summed E-state index contributed by atoms with van der Waals surface area (Å²) in [5.74, 6) is -0.130. The molecule has 7 heteroatoms. The molecule has 0 spiro atoms. The number of carbonyl (C=O) groups is 1. The minimum atomic E-state index is -3.49. The number of rotatable bonds is 4. The maximum atomic E-state index is 12.2. The number of benzene rings is 1. The lowest BCUT2D eigenvalue weighted by Gasteiger charge is -2.22. The average molecular weight is 311 g/mol. The highest BCUT2D eigenvalue weighted by molar-refractivity contribution is 7.89. The largest absolute Gasteiger partial charge is 0.326 e. The van der Waals surface area contributed by atoms with Gasteiger partial charge in [-0.25, -0.2) is 12.7 Å². The number of nitrogens with one attached hydrogen (secondary N) is 2. The summed E-state index contributed by atoms with van der Waals surface area (Å²) in [6.07, 6.45) is 1.83. The fraction of sp³-hybridized carbons (Fsp3) is 0.500. The summed E-state index contributed by atoms with van der Waals surface area (Å²) in [6, 6.07) is 6.34. The normalized spacial score (nSPS) is 19.5. The highest BCUT2D eigenvalue weighted by atomic mass is 32.2. The second-order valence-corrected chi connectivity index (χ2v) is 7.50. The van der Waals surface area contributed by atoms with Gasteiger partial charge in [-0.15, -0.1) is 0 Å². The summed E-state index contributed by atoms with van der Waals surface area (Å²) >= 11 is 0. The maximum absolute atomic E-state index is 12.2. The zero-order chi connectivity index (χ0) is 15.5. The van der Waals surface area contributed by atoms with Gasteiger partial charge in [0.25, 0.3) is 0 Å². The van der Waals surface area contributed by atoms with Gasteiger partial charge in [-0.05, 0) is 37.6 Å². The predicted octanol–water partition coefficient (Wildman–Crippen LogP) is 0.875. The summed E-state index contributed by atoms with van der Waals surface area (Å²) in [6.45, 7) is 1.61. The predicted molar refractivity (Wildman–Crippen MR) is 81.5 cm³/mol. The molecule has 1 aliphatic heterocycles. The highest BCUT2D eigenvalue weighted by Crippen LogP contribution is 2.19. The Bertz CT molecular complexity index is 608. The third-order valence-corrected chi connectivity index (χ3v) is 5.36. The molecule has 2 rings (SSSR count). The average Bonchev–Trinajstić information content (AvgIpc) is 2.48. The van der Waals surface area contributed by atoms with Crippen molar-refractivity contribution in [1.82, 2.24) is 9.62 Å². The summed E-state index contributed by atoms with van der Waals surface area (Å²) in [5, 5.41) is 5.99. The van der Waals surface area contributed by atoms with Gasteiger partial charge in [0.2, 0.25) is 15.9 Å². The second kappa shape index (κ2) is 6.55. The summed E-state index contributed by atoms with van der Waals surface area (Å²) in [5.41, 5.74) is 0.508. The Kier molecular flexibility index (Phi) is 4.97. The van der Waals surface area contributed by atoms with Gasteiger partial charge in [-0.2, -0.15) is 0 Å². The molecule has 1 unspecified atom stereocenters. The van der Waals surface area contributed by atoms with Crippen LogP contribution in [0.5, 0.6) is 0 Å². The first-order valence-corrected chi connectivity index (χ1v) is 8.39. The molecule has 6 nitrogen and oxygen atoms in total. The van der Waals surface area contributed by atoms with Crippen molar-refractivity contribution in [3.8, 4) is 0 Å². The Labute approximate surface area is 125 Å². The number of amides is 1. The van der Waals surface area contributed by atoms with Crippen molar-refractivity contribution < 1.29 is 13.2 Å². The quantitative estimate of drug-likeness (QED) is 0.865. The summed E-state index contributed by atoms with van der Waals surface area (Å²) < 4.78 is 25.3. The van der Waals surface area contributed by atoms with E-state index in [1.54, 1.807) is 12.1 Å². The number of hydrogen-bond acceptors (Lipinski definition) is 4. The van der Waals surface area contributed by atoms with Crippen LogP contribution in [-0.2, 0) is 14.8 Å². The number of carbonyl (C=O) groups excluding carboxylic acids is 1. The van der Waals surface area contributed by atoms with Gasteiger partial charge in [0.15, 0.2) is 0 Å². The lowest BCUT2D eigenvalue weighted by atomic mass is 9.99. The van der Waals surface area contributed by atoms with Crippen LogP contribution in [-0.4, -0.2) is 45.8 Å². The Balaban J connectivity index is 2.13. The molecule has 116 valence electrons. The van der Waals surface area contributed by atoms with E-state index >= 15 is 0 Å². The van der Waals surface area contributed by atoms with Crippen LogP contribution in [0.1, 0.15) is 12.8 Å². The molecule has 0 aromatic heterocycles. The zero-order valence-electron chi connectivity index (χ0n) is 12.3. The van der Waals surface area contributed by atoms with Gasteiger partial charge >= 0.3 is 0 Å². The van der Waals surface area contributed by atoms with Gasteiger partial charge < -0.3 is 10.6 Å². The summed E-state index contributed by atoms with van der Waals surface area (Å²) in [4.78, 5) is 12.3. The number of sulfonamides is 1. The molecule has 1 atom stereocenters. The van der Waals surface area contributed by atoms with Crippen LogP contribution >= 0.6 is 0 Å². The third-order valence-electron chi connectivity index (χ3n) is 3.55. The van der Waals surface area contributed by atoms with Crippen molar-refractivity contribution in [1.29, 1.82) is 0 Å². The minimum Gasteiger partial charge on any atom is -0.326 e. The van der Waals surface area contributed by atoms with Gasteiger partial charge in [-0.3, -0.25) is 4.79 Å². The van der Waals surface area contributed by atoms with Crippen LogP contribution in [0.4, 0.5) is 5.69 Å². The van der Waals surface area contributed by atoms with E-state index in [0.29, 0.717) is 12.2 Å². The summed E-state index contributed by atoms with van der Waals surface area (Å²) in [7, 11) is -0.529. The molecular weight excluding hydrogens is 290 g/mol. The van der Waals surface area contributed by atoms with Crippen molar-refractivity contribution >= 4 is 21.6 Å². The van der Waals surface area contributed by atoms with E-state index in [2.05, 4.69) is 10.6 Å². The fourth-order valence-electron chi connectivity index (χ4n) is 2.27. The molecule has 21 heavy (non-hydrogen) atoms. The van der Waals surface area contributed by atoms with Crippen molar-refractivity contribution in [2.45, 2.75) is 17.7 Å². The molecule has 1 saturated heterocycles. The molecule has 1 aliphatic rings. The molecule has 1 aromatic rings. The zero-order valence-corrected chi connectivity index (χ0v) is 13.1. The third kappa shape index (κ3) is 3.81. The first-order chi connectivity index (χ1) is 9.91. The molecule has 1 fully saturated rings. The molecule has 1 heterocycles. The van der Waals surface area contributed by atoms with Crippen molar-refractivity contribution in [3.63, 3.8) is 0 Å². The molecule has 0 saturated carbocycles. The van der Waals surface area contributed by atoms with E-state index < -0.39 is 10.0 Å². The number of nitrogens with zero attached hydrogens (tertiary/aromatic N) is 1. The number of anilines is 1. The van der Waals surface area contributed by atoms with Crippen molar-refractivity contribution in [2.75, 3.05) is 32.5 Å². The molecule has 0 radical (unpaired) electrons. The van der Waals surface area contributed by atoms with Crippen molar-refractivity contribution in [3.05, 3.63) is 24.3 Å². The standard InChI is InChI=1S/C14H21N3O3S/c1-17(2)21(19,20)13-7-3-6-12(9-13)16-14(18)11-5-4-8-15-10-11/h3,6-7,9,11,15H,4-5,8,10H2,1-2H3,(H,16,18). The molecule has 2 N–H and O–H groups in total. The Morgan fingerprint density at radius 2 is 2.14 bits per heavy atom. The van der Waals surface area contributed by atoms with Crippen LogP contribution in [0.25, 0.3) is 0 Å². The number of hydrogen-bond donors (Lipinski definition) is 2. The van der Waals surface area contributed by atoms with Gasteiger partial charge in [0.05, 0.1) is 10.8 Å². The van der Waals surface area contributed by atoms with E-state index in [4.69, 9.17) is 0 Å². The van der Waals surface area contributed by atoms with E-state index in [9.17, 15) is 13.2 Å². The molecule has 1 amide bonds. The maximum Gasteiger partial charge on any atom is 0.242 e. The number of piperidine rings is 1. The van der Waals surface area contributed by atoms with E-state index in [0.717, 1.165) is 23.7 Å². The SMILES string of the molecule is CN(C)S(=O)(=O)c1cccc(NC(=O)C2CCCNC2)c1. The lowest BCUT2D eigenvalue weighted by molar-refractivity contribution is -0.120. The molecule has 1 aromatic carbocycles. The first kappa shape index (κ1) is 15.9. The molecule has 0 bridgehead atoms. The topological polar surface area (TPSA) is 78.5 Å². The second-order valence-electron chi connectivity index (χ2n) is 5.35. The van der Waals surface area contributed by atoms with E-state index in [1.165, 1.54) is 26.2 Å². The Morgan fingerprint density at radius 1 is 1.38 bits per heavy atom. The van der Waals surface area contributed by atoms with Gasteiger partial charge in [-0.1, -0.05) is 6.07 Å². The molecular formula is C14H21N3O3S. The fourth-order valence-corrected chi connectivity index (χ4v) is 3.21. The van der Waals surface area contributed by atoms with Crippen LogP contribution in [0.2, 0.25) is 0 Å². The van der Waals surface area contributed by atoms with E-state index in [-0.39, 0.29) is 16.7 Å². The van der Waals surface area contributed by atoms with Gasteiger partial charge in [0.1, 0.15) is 0 Å². The minimum absolute atomic E-state index is 0.0622. The Morgan fingerprint density at radius 3 is 2.76 bits per heavy atom. The van der Waals surface area contributed by atoms with Crippen LogP contribution in [0.3, 0.4) is 0 Å². The highest BCUT2D eigenvalue weighted by Gasteiger charge is 2.22.